The first-order chi connectivity index (χ1) is 8.29. The molecule has 3 rings (SSSR count). The maximum Gasteiger partial charge on any atom is 0.205 e. The van der Waals surface area contributed by atoms with Crippen molar-refractivity contribution < 1.29 is 0 Å². The van der Waals surface area contributed by atoms with Gasteiger partial charge in [-0.25, -0.2) is 4.98 Å². The lowest BCUT2D eigenvalue weighted by Gasteiger charge is -1.97. The summed E-state index contributed by atoms with van der Waals surface area (Å²) in [4.78, 5) is 4.51. The zero-order valence-corrected chi connectivity index (χ0v) is 10.3. The Hall–Kier alpha value is -1.95. The van der Waals surface area contributed by atoms with Gasteiger partial charge in [0.1, 0.15) is 11.3 Å². The second-order valence-corrected chi connectivity index (χ2v) is 4.61. The molecule has 3 heterocycles. The zero-order chi connectivity index (χ0) is 11.8. The number of aryl methyl sites for hydroxylation is 1. The van der Waals surface area contributed by atoms with Gasteiger partial charge in [0.25, 0.3) is 0 Å². The molecule has 0 aliphatic rings. The number of nitrogens with zero attached hydrogens (tertiary/aromatic N) is 4. The van der Waals surface area contributed by atoms with Crippen LogP contribution in [0, 0.1) is 6.92 Å². The molecule has 0 aliphatic heterocycles. The maximum absolute atomic E-state index is 4.51. The Morgan fingerprint density at radius 2 is 2.18 bits per heavy atom. The fraction of sp³-hybridized carbons (Fsp3) is 0.182. The van der Waals surface area contributed by atoms with Gasteiger partial charge in [0.05, 0.1) is 5.69 Å². The largest absolute Gasteiger partial charge is 0.363 e. The predicted octanol–water partition coefficient (Wildman–Crippen LogP) is 2.20. The first-order valence-corrected chi connectivity index (χ1v) is 6.06. The molecule has 0 fully saturated rings. The summed E-state index contributed by atoms with van der Waals surface area (Å²) >= 11 is 1.53. The SMILES string of the molecule is CNc1nnc(-c2c(C)nc3ccccn23)s1. The molecule has 0 bridgehead atoms. The molecule has 0 aliphatic carbocycles. The quantitative estimate of drug-likeness (QED) is 0.752. The molecule has 0 spiro atoms. The van der Waals surface area contributed by atoms with E-state index < -0.39 is 0 Å². The minimum Gasteiger partial charge on any atom is -0.363 e. The van der Waals surface area contributed by atoms with E-state index in [-0.39, 0.29) is 0 Å². The highest BCUT2D eigenvalue weighted by Crippen LogP contribution is 2.29. The van der Waals surface area contributed by atoms with Crippen LogP contribution >= 0.6 is 11.3 Å². The monoisotopic (exact) mass is 245 g/mol. The van der Waals surface area contributed by atoms with Crippen LogP contribution in [0.1, 0.15) is 5.69 Å². The van der Waals surface area contributed by atoms with Crippen LogP contribution < -0.4 is 5.32 Å². The third-order valence-corrected chi connectivity index (χ3v) is 3.49. The summed E-state index contributed by atoms with van der Waals surface area (Å²) in [7, 11) is 1.84. The fourth-order valence-electron chi connectivity index (χ4n) is 1.79. The molecule has 1 N–H and O–H groups in total. The lowest BCUT2D eigenvalue weighted by Crippen LogP contribution is -1.87. The first-order valence-electron chi connectivity index (χ1n) is 5.25. The normalized spacial score (nSPS) is 10.9. The molecular formula is C11H11N5S. The summed E-state index contributed by atoms with van der Waals surface area (Å²) in [5, 5.41) is 12.9. The van der Waals surface area contributed by atoms with Crippen LogP contribution in [-0.4, -0.2) is 26.6 Å². The molecule has 0 radical (unpaired) electrons. The number of hydrogen-bond acceptors (Lipinski definition) is 5. The number of hydrogen-bond donors (Lipinski definition) is 1. The molecule has 17 heavy (non-hydrogen) atoms. The van der Waals surface area contributed by atoms with E-state index in [1.165, 1.54) is 11.3 Å². The fourth-order valence-corrected chi connectivity index (χ4v) is 2.58. The van der Waals surface area contributed by atoms with E-state index in [2.05, 4.69) is 20.5 Å². The molecule has 3 aromatic rings. The molecule has 6 heteroatoms. The number of nitrogens with one attached hydrogen (secondary N) is 1. The molecule has 0 atom stereocenters. The van der Waals surface area contributed by atoms with Crippen molar-refractivity contribution >= 4 is 22.1 Å². The van der Waals surface area contributed by atoms with Crippen LogP contribution in [0.4, 0.5) is 5.13 Å². The van der Waals surface area contributed by atoms with E-state index in [0.29, 0.717) is 0 Å². The number of fused-ring (bicyclic) bond motifs is 1. The van der Waals surface area contributed by atoms with Crippen molar-refractivity contribution in [2.45, 2.75) is 6.92 Å². The molecule has 0 saturated carbocycles. The molecule has 0 amide bonds. The Morgan fingerprint density at radius 3 is 2.94 bits per heavy atom. The zero-order valence-electron chi connectivity index (χ0n) is 9.51. The highest BCUT2D eigenvalue weighted by Gasteiger charge is 2.14. The smallest absolute Gasteiger partial charge is 0.205 e. The van der Waals surface area contributed by atoms with Crippen LogP contribution in [0.25, 0.3) is 16.3 Å². The first kappa shape index (κ1) is 10.2. The van der Waals surface area contributed by atoms with Gasteiger partial charge in [0.2, 0.25) is 5.13 Å². The predicted molar refractivity (Wildman–Crippen MR) is 68.4 cm³/mol. The minimum absolute atomic E-state index is 0.810. The number of aromatic nitrogens is 4. The molecule has 0 aromatic carbocycles. The van der Waals surface area contributed by atoms with Gasteiger partial charge in [-0.2, -0.15) is 0 Å². The molecule has 0 unspecified atom stereocenters. The van der Waals surface area contributed by atoms with Gasteiger partial charge in [0, 0.05) is 13.2 Å². The standard InChI is InChI=1S/C11H11N5S/c1-7-9(10-14-15-11(12-2)17-10)16-6-4-3-5-8(16)13-7/h3-6H,1-2H3,(H,12,15). The van der Waals surface area contributed by atoms with Crippen molar-refractivity contribution in [2.75, 3.05) is 12.4 Å². The van der Waals surface area contributed by atoms with Gasteiger partial charge in [-0.15, -0.1) is 10.2 Å². The van der Waals surface area contributed by atoms with Crippen LogP contribution in [-0.2, 0) is 0 Å². The van der Waals surface area contributed by atoms with E-state index in [1.807, 2.05) is 42.8 Å². The van der Waals surface area contributed by atoms with E-state index in [4.69, 9.17) is 0 Å². The van der Waals surface area contributed by atoms with Crippen LogP contribution in [0.5, 0.6) is 0 Å². The number of anilines is 1. The molecule has 86 valence electrons. The third-order valence-electron chi connectivity index (χ3n) is 2.55. The van der Waals surface area contributed by atoms with Gasteiger partial charge in [-0.3, -0.25) is 4.40 Å². The summed E-state index contributed by atoms with van der Waals surface area (Å²) in [5.74, 6) is 0. The third kappa shape index (κ3) is 1.57. The Labute approximate surface area is 102 Å². The number of imidazole rings is 1. The second kappa shape index (κ2) is 3.81. The topological polar surface area (TPSA) is 55.1 Å². The average molecular weight is 245 g/mol. The lowest BCUT2D eigenvalue weighted by molar-refractivity contribution is 1.07. The summed E-state index contributed by atoms with van der Waals surface area (Å²) < 4.78 is 2.04. The molecule has 3 aromatic heterocycles. The Morgan fingerprint density at radius 1 is 1.29 bits per heavy atom. The van der Waals surface area contributed by atoms with Gasteiger partial charge >= 0.3 is 0 Å². The van der Waals surface area contributed by atoms with Crippen LogP contribution in [0.15, 0.2) is 24.4 Å². The maximum atomic E-state index is 4.51. The van der Waals surface area contributed by atoms with Crippen molar-refractivity contribution in [3.05, 3.63) is 30.1 Å². The molecule has 5 nitrogen and oxygen atoms in total. The van der Waals surface area contributed by atoms with Gasteiger partial charge in [-0.1, -0.05) is 17.4 Å². The molecule has 0 saturated heterocycles. The highest BCUT2D eigenvalue weighted by molar-refractivity contribution is 7.18. The van der Waals surface area contributed by atoms with E-state index in [9.17, 15) is 0 Å². The van der Waals surface area contributed by atoms with Crippen LogP contribution in [0.2, 0.25) is 0 Å². The Kier molecular flexibility index (Phi) is 2.29. The van der Waals surface area contributed by atoms with Crippen molar-refractivity contribution in [3.63, 3.8) is 0 Å². The second-order valence-electron chi connectivity index (χ2n) is 3.64. The van der Waals surface area contributed by atoms with Crippen LogP contribution in [0.3, 0.4) is 0 Å². The Balaban J connectivity index is 2.25. The lowest BCUT2D eigenvalue weighted by atomic mass is 10.3. The van der Waals surface area contributed by atoms with E-state index in [1.54, 1.807) is 0 Å². The molecular weight excluding hydrogens is 234 g/mol. The number of pyridine rings is 1. The summed E-state index contributed by atoms with van der Waals surface area (Å²) in [6.07, 6.45) is 1.99. The number of rotatable bonds is 2. The van der Waals surface area contributed by atoms with Gasteiger partial charge in [0.15, 0.2) is 5.01 Å². The summed E-state index contributed by atoms with van der Waals surface area (Å²) in [6, 6.07) is 5.94. The van der Waals surface area contributed by atoms with Gasteiger partial charge < -0.3 is 5.32 Å². The van der Waals surface area contributed by atoms with Gasteiger partial charge in [-0.05, 0) is 19.1 Å². The van der Waals surface area contributed by atoms with Crippen molar-refractivity contribution in [2.24, 2.45) is 0 Å². The van der Waals surface area contributed by atoms with E-state index >= 15 is 0 Å². The van der Waals surface area contributed by atoms with E-state index in [0.717, 1.165) is 27.2 Å². The Bertz CT molecular complexity index is 669. The van der Waals surface area contributed by atoms with Crippen molar-refractivity contribution in [1.82, 2.24) is 19.6 Å². The minimum atomic E-state index is 0.810. The summed E-state index contributed by atoms with van der Waals surface area (Å²) in [5.41, 5.74) is 2.91. The summed E-state index contributed by atoms with van der Waals surface area (Å²) in [6.45, 7) is 1.99. The van der Waals surface area contributed by atoms with Crippen molar-refractivity contribution in [1.29, 1.82) is 0 Å². The van der Waals surface area contributed by atoms with Crippen molar-refractivity contribution in [3.8, 4) is 10.7 Å². The highest BCUT2D eigenvalue weighted by atomic mass is 32.1. The average Bonchev–Trinajstić information content (AvgIpc) is 2.91.